The fraction of sp³-hybridized carbons (Fsp3) is 0.176. The first-order valence-electron chi connectivity index (χ1n) is 7.41. The maximum absolute atomic E-state index is 13.6. The Morgan fingerprint density at radius 2 is 2.04 bits per heavy atom. The smallest absolute Gasteiger partial charge is 0.307 e. The minimum absolute atomic E-state index is 0.0197. The zero-order valence-electron chi connectivity index (χ0n) is 13.4. The first-order valence-corrected chi connectivity index (χ1v) is 9.27. The average molecular weight is 397 g/mol. The van der Waals surface area contributed by atoms with Crippen LogP contribution in [0.3, 0.4) is 0 Å². The second kappa shape index (κ2) is 8.76. The Labute approximate surface area is 155 Å². The molecule has 0 saturated heterocycles. The van der Waals surface area contributed by atoms with Gasteiger partial charge in [0, 0.05) is 17.1 Å². The molecule has 2 aromatic carbocycles. The molecule has 136 valence electrons. The van der Waals surface area contributed by atoms with Crippen LogP contribution in [-0.2, 0) is 26.2 Å². The van der Waals surface area contributed by atoms with Gasteiger partial charge in [0.05, 0.1) is 22.9 Å². The van der Waals surface area contributed by atoms with Gasteiger partial charge >= 0.3 is 5.97 Å². The number of ether oxygens (including phenoxy) is 1. The number of hydrogen-bond donors (Lipinski definition) is 1. The molecule has 26 heavy (non-hydrogen) atoms. The lowest BCUT2D eigenvalue weighted by Gasteiger charge is -2.08. The number of rotatable bonds is 7. The lowest BCUT2D eigenvalue weighted by Crippen LogP contribution is -2.26. The minimum Gasteiger partial charge on any atom is -0.461 e. The molecule has 0 aliphatic carbocycles. The van der Waals surface area contributed by atoms with Crippen molar-refractivity contribution < 1.29 is 22.3 Å². The predicted octanol–water partition coefficient (Wildman–Crippen LogP) is 2.76. The first kappa shape index (κ1) is 19.8. The molecule has 0 bridgehead atoms. The van der Waals surface area contributed by atoms with E-state index in [0.29, 0.717) is 0 Å². The van der Waals surface area contributed by atoms with E-state index in [1.165, 1.54) is 30.3 Å². The highest BCUT2D eigenvalue weighted by atomic mass is 35.5. The Morgan fingerprint density at radius 1 is 1.27 bits per heavy atom. The molecular weight excluding hydrogens is 383 g/mol. The molecule has 0 spiro atoms. The van der Waals surface area contributed by atoms with Crippen molar-refractivity contribution in [2.75, 3.05) is 6.54 Å². The summed E-state index contributed by atoms with van der Waals surface area (Å²) >= 11 is 5.75. The van der Waals surface area contributed by atoms with E-state index in [0.717, 1.165) is 6.07 Å². The highest BCUT2D eigenvalue weighted by Gasteiger charge is 2.15. The lowest BCUT2D eigenvalue weighted by molar-refractivity contribution is -0.144. The Morgan fingerprint density at radius 3 is 2.73 bits per heavy atom. The zero-order valence-corrected chi connectivity index (χ0v) is 15.0. The largest absolute Gasteiger partial charge is 0.461 e. The van der Waals surface area contributed by atoms with E-state index < -0.39 is 21.8 Å². The second-order valence-corrected chi connectivity index (χ2v) is 7.39. The average Bonchev–Trinajstić information content (AvgIpc) is 2.61. The molecule has 0 fully saturated rings. The Kier molecular flexibility index (Phi) is 6.69. The highest BCUT2D eigenvalue weighted by molar-refractivity contribution is 7.89. The molecule has 0 saturated carbocycles. The number of esters is 1. The first-order chi connectivity index (χ1) is 12.3. The van der Waals surface area contributed by atoms with Crippen LogP contribution >= 0.6 is 11.6 Å². The molecular formula is C17H14ClFN2O4S. The number of nitriles is 1. The molecule has 0 heterocycles. The van der Waals surface area contributed by atoms with Crippen molar-refractivity contribution in [3.8, 4) is 6.07 Å². The molecule has 0 unspecified atom stereocenters. The molecule has 6 nitrogen and oxygen atoms in total. The molecule has 9 heteroatoms. The summed E-state index contributed by atoms with van der Waals surface area (Å²) in [6.07, 6.45) is -0.237. The quantitative estimate of drug-likeness (QED) is 0.726. The van der Waals surface area contributed by atoms with Crippen LogP contribution in [-0.4, -0.2) is 20.9 Å². The van der Waals surface area contributed by atoms with Gasteiger partial charge < -0.3 is 4.74 Å². The van der Waals surface area contributed by atoms with Crippen molar-refractivity contribution in [1.82, 2.24) is 4.72 Å². The van der Waals surface area contributed by atoms with Crippen LogP contribution in [0.1, 0.15) is 17.5 Å². The number of halogens is 2. The normalized spacial score (nSPS) is 11.0. The van der Waals surface area contributed by atoms with Crippen LogP contribution in [0.2, 0.25) is 5.02 Å². The number of nitrogens with one attached hydrogen (secondary N) is 1. The van der Waals surface area contributed by atoms with E-state index in [1.54, 1.807) is 6.07 Å². The van der Waals surface area contributed by atoms with E-state index >= 15 is 0 Å². The molecule has 0 amide bonds. The monoisotopic (exact) mass is 396 g/mol. The third-order valence-electron chi connectivity index (χ3n) is 3.29. The summed E-state index contributed by atoms with van der Waals surface area (Å²) in [7, 11) is -3.80. The number of carbonyl (C=O) groups excluding carboxylic acids is 1. The van der Waals surface area contributed by atoms with Crippen molar-refractivity contribution in [3.05, 3.63) is 64.4 Å². The SMILES string of the molecule is N#Cc1ccc(F)c(COC(=O)CCNS(=O)(=O)c2cccc(Cl)c2)c1. The molecule has 0 radical (unpaired) electrons. The van der Waals surface area contributed by atoms with Crippen molar-refractivity contribution >= 4 is 27.6 Å². The van der Waals surface area contributed by atoms with Gasteiger partial charge in [0.1, 0.15) is 12.4 Å². The number of nitrogens with zero attached hydrogens (tertiary/aromatic N) is 1. The van der Waals surface area contributed by atoms with Crippen LogP contribution in [0.25, 0.3) is 0 Å². The van der Waals surface area contributed by atoms with E-state index in [9.17, 15) is 17.6 Å². The number of benzene rings is 2. The van der Waals surface area contributed by atoms with Gasteiger partial charge in [-0.25, -0.2) is 17.5 Å². The summed E-state index contributed by atoms with van der Waals surface area (Å²) in [5.74, 6) is -1.31. The van der Waals surface area contributed by atoms with E-state index in [1.807, 2.05) is 6.07 Å². The van der Waals surface area contributed by atoms with Gasteiger partial charge in [-0.3, -0.25) is 4.79 Å². The molecule has 2 rings (SSSR count). The standard InChI is InChI=1S/C17H14ClFN2O4S/c18-14-2-1-3-15(9-14)26(23,24)21-7-6-17(22)25-11-13-8-12(10-20)4-5-16(13)19/h1-5,8-9,21H,6-7,11H2. The fourth-order valence-electron chi connectivity index (χ4n) is 1.99. The fourth-order valence-corrected chi connectivity index (χ4v) is 3.32. The van der Waals surface area contributed by atoms with E-state index in [2.05, 4.69) is 4.72 Å². The van der Waals surface area contributed by atoms with Crippen LogP contribution in [0.5, 0.6) is 0 Å². The molecule has 0 aliphatic rings. The van der Waals surface area contributed by atoms with Crippen LogP contribution in [0, 0.1) is 17.1 Å². The zero-order chi connectivity index (χ0) is 19.2. The number of sulfonamides is 1. The van der Waals surface area contributed by atoms with E-state index in [-0.39, 0.29) is 40.6 Å². The van der Waals surface area contributed by atoms with Crippen molar-refractivity contribution in [2.24, 2.45) is 0 Å². The number of hydrogen-bond acceptors (Lipinski definition) is 5. The molecule has 0 aromatic heterocycles. The van der Waals surface area contributed by atoms with Crippen LogP contribution < -0.4 is 4.72 Å². The summed E-state index contributed by atoms with van der Waals surface area (Å²) < 4.78 is 44.9. The summed E-state index contributed by atoms with van der Waals surface area (Å²) in [5.41, 5.74) is 0.309. The molecule has 0 atom stereocenters. The summed E-state index contributed by atoms with van der Waals surface area (Å²) in [4.78, 5) is 11.7. The van der Waals surface area contributed by atoms with Crippen molar-refractivity contribution in [2.45, 2.75) is 17.9 Å². The third-order valence-corrected chi connectivity index (χ3v) is 4.98. The van der Waals surface area contributed by atoms with E-state index in [4.69, 9.17) is 21.6 Å². The minimum atomic E-state index is -3.80. The Balaban J connectivity index is 1.85. The molecule has 1 N–H and O–H groups in total. The highest BCUT2D eigenvalue weighted by Crippen LogP contribution is 2.15. The van der Waals surface area contributed by atoms with Crippen LogP contribution in [0.4, 0.5) is 4.39 Å². The number of carbonyl (C=O) groups is 1. The van der Waals surface area contributed by atoms with Gasteiger partial charge in [0.2, 0.25) is 10.0 Å². The Hall–Kier alpha value is -2.47. The Bertz CT molecular complexity index is 957. The molecule has 0 aliphatic heterocycles. The lowest BCUT2D eigenvalue weighted by atomic mass is 10.1. The van der Waals surface area contributed by atoms with Gasteiger partial charge in [-0.2, -0.15) is 5.26 Å². The van der Waals surface area contributed by atoms with Gasteiger partial charge in [-0.15, -0.1) is 0 Å². The van der Waals surface area contributed by atoms with Gasteiger partial charge in [-0.1, -0.05) is 17.7 Å². The van der Waals surface area contributed by atoms with Crippen molar-refractivity contribution in [1.29, 1.82) is 5.26 Å². The van der Waals surface area contributed by atoms with Gasteiger partial charge in [0.25, 0.3) is 0 Å². The van der Waals surface area contributed by atoms with Crippen LogP contribution in [0.15, 0.2) is 47.4 Å². The predicted molar refractivity (Wildman–Crippen MR) is 92.2 cm³/mol. The second-order valence-electron chi connectivity index (χ2n) is 5.18. The van der Waals surface area contributed by atoms with Gasteiger partial charge in [0.15, 0.2) is 0 Å². The topological polar surface area (TPSA) is 96.3 Å². The van der Waals surface area contributed by atoms with Gasteiger partial charge in [-0.05, 0) is 36.4 Å². The maximum Gasteiger partial charge on any atom is 0.307 e. The third kappa shape index (κ3) is 5.52. The summed E-state index contributed by atoms with van der Waals surface area (Å²) in [5, 5.41) is 9.05. The van der Waals surface area contributed by atoms with Crippen molar-refractivity contribution in [3.63, 3.8) is 0 Å². The summed E-state index contributed by atoms with van der Waals surface area (Å²) in [6, 6.07) is 11.3. The summed E-state index contributed by atoms with van der Waals surface area (Å²) in [6.45, 7) is -0.532. The molecule has 2 aromatic rings. The maximum atomic E-state index is 13.6.